The molecular formula is C11H18N2. The van der Waals surface area contributed by atoms with Crippen molar-refractivity contribution in [3.8, 4) is 6.07 Å². The molecule has 2 atom stereocenters. The largest absolute Gasteiger partial charge is 0.296 e. The molecule has 13 heavy (non-hydrogen) atoms. The molecular weight excluding hydrogens is 160 g/mol. The summed E-state index contributed by atoms with van der Waals surface area (Å²) in [6, 6.07) is 2.44. The smallest absolute Gasteiger partial charge is 0.109 e. The molecule has 0 heterocycles. The molecule has 1 N–H and O–H groups in total. The average molecular weight is 178 g/mol. The zero-order chi connectivity index (χ0) is 9.73. The van der Waals surface area contributed by atoms with E-state index in [-0.39, 0.29) is 5.54 Å². The van der Waals surface area contributed by atoms with Crippen molar-refractivity contribution in [2.75, 3.05) is 6.54 Å². The Bertz CT molecular complexity index is 217. The van der Waals surface area contributed by atoms with Crippen LogP contribution in [0.4, 0.5) is 0 Å². The van der Waals surface area contributed by atoms with E-state index >= 15 is 0 Å². The quantitative estimate of drug-likeness (QED) is 0.673. The normalized spacial score (nSPS) is 33.7. The van der Waals surface area contributed by atoms with Gasteiger partial charge >= 0.3 is 0 Å². The SMILES string of the molecule is C=CCNC1(C#N)CCCCC1C. The molecule has 0 radical (unpaired) electrons. The summed E-state index contributed by atoms with van der Waals surface area (Å²) in [6.45, 7) is 6.56. The summed E-state index contributed by atoms with van der Waals surface area (Å²) in [5.74, 6) is 0.464. The topological polar surface area (TPSA) is 35.8 Å². The van der Waals surface area contributed by atoms with Crippen LogP contribution in [0.5, 0.6) is 0 Å². The molecule has 1 fully saturated rings. The minimum absolute atomic E-state index is 0.285. The second-order valence-corrected chi connectivity index (χ2v) is 3.90. The van der Waals surface area contributed by atoms with E-state index in [0.29, 0.717) is 5.92 Å². The minimum Gasteiger partial charge on any atom is -0.296 e. The molecule has 72 valence electrons. The van der Waals surface area contributed by atoms with Gasteiger partial charge in [0, 0.05) is 6.54 Å². The van der Waals surface area contributed by atoms with Gasteiger partial charge in [-0.05, 0) is 18.8 Å². The van der Waals surface area contributed by atoms with E-state index in [1.54, 1.807) is 0 Å². The fourth-order valence-corrected chi connectivity index (χ4v) is 2.07. The van der Waals surface area contributed by atoms with Crippen molar-refractivity contribution in [2.24, 2.45) is 5.92 Å². The van der Waals surface area contributed by atoms with Crippen molar-refractivity contribution in [3.05, 3.63) is 12.7 Å². The van der Waals surface area contributed by atoms with E-state index in [2.05, 4.69) is 24.9 Å². The molecule has 0 aliphatic heterocycles. The highest BCUT2D eigenvalue weighted by Crippen LogP contribution is 2.32. The third kappa shape index (κ3) is 2.10. The first-order valence-electron chi connectivity index (χ1n) is 5.02. The number of nitrogens with zero attached hydrogens (tertiary/aromatic N) is 1. The fourth-order valence-electron chi connectivity index (χ4n) is 2.07. The van der Waals surface area contributed by atoms with Crippen molar-refractivity contribution in [2.45, 2.75) is 38.1 Å². The van der Waals surface area contributed by atoms with Crippen molar-refractivity contribution < 1.29 is 0 Å². The molecule has 1 rings (SSSR count). The Kier molecular flexibility index (Phi) is 3.50. The second kappa shape index (κ2) is 4.43. The van der Waals surface area contributed by atoms with Gasteiger partial charge in [0.1, 0.15) is 5.54 Å². The first-order chi connectivity index (χ1) is 6.25. The minimum atomic E-state index is -0.285. The van der Waals surface area contributed by atoms with Crippen LogP contribution in [0.1, 0.15) is 32.6 Å². The highest BCUT2D eigenvalue weighted by atomic mass is 15.0. The molecule has 0 aromatic rings. The molecule has 0 aromatic heterocycles. The summed E-state index contributed by atoms with van der Waals surface area (Å²) in [6.07, 6.45) is 6.40. The maximum absolute atomic E-state index is 9.19. The van der Waals surface area contributed by atoms with Gasteiger partial charge in [0.15, 0.2) is 0 Å². The van der Waals surface area contributed by atoms with Crippen molar-refractivity contribution in [1.29, 1.82) is 5.26 Å². The molecule has 0 spiro atoms. The summed E-state index contributed by atoms with van der Waals surface area (Å²) < 4.78 is 0. The molecule has 0 bridgehead atoms. The Labute approximate surface area is 80.6 Å². The Morgan fingerprint density at radius 2 is 2.46 bits per heavy atom. The summed E-state index contributed by atoms with van der Waals surface area (Å²) in [5, 5.41) is 12.5. The van der Waals surface area contributed by atoms with Crippen LogP contribution < -0.4 is 5.32 Å². The maximum Gasteiger partial charge on any atom is 0.109 e. The lowest BCUT2D eigenvalue weighted by Crippen LogP contribution is -2.51. The average Bonchev–Trinajstić information content (AvgIpc) is 2.17. The highest BCUT2D eigenvalue weighted by molar-refractivity contribution is 5.12. The first-order valence-corrected chi connectivity index (χ1v) is 5.02. The standard InChI is InChI=1S/C11H18N2/c1-3-8-13-11(9-12)7-5-4-6-10(11)2/h3,10,13H,1,4-8H2,2H3. The van der Waals surface area contributed by atoms with E-state index < -0.39 is 0 Å². The Morgan fingerprint density at radius 3 is 3.00 bits per heavy atom. The summed E-state index contributed by atoms with van der Waals surface area (Å²) >= 11 is 0. The zero-order valence-electron chi connectivity index (χ0n) is 8.34. The van der Waals surface area contributed by atoms with Crippen molar-refractivity contribution in [3.63, 3.8) is 0 Å². The summed E-state index contributed by atoms with van der Waals surface area (Å²) in [5.41, 5.74) is -0.285. The third-order valence-corrected chi connectivity index (χ3v) is 3.06. The molecule has 1 aliphatic carbocycles. The van der Waals surface area contributed by atoms with E-state index in [4.69, 9.17) is 0 Å². The molecule has 0 amide bonds. The van der Waals surface area contributed by atoms with Crippen LogP contribution in [0.15, 0.2) is 12.7 Å². The zero-order valence-corrected chi connectivity index (χ0v) is 8.34. The third-order valence-electron chi connectivity index (χ3n) is 3.06. The summed E-state index contributed by atoms with van der Waals surface area (Å²) in [7, 11) is 0. The van der Waals surface area contributed by atoms with Crippen LogP contribution in [-0.2, 0) is 0 Å². The number of rotatable bonds is 3. The van der Waals surface area contributed by atoms with Gasteiger partial charge in [0.05, 0.1) is 6.07 Å². The summed E-state index contributed by atoms with van der Waals surface area (Å²) in [4.78, 5) is 0. The molecule has 1 saturated carbocycles. The van der Waals surface area contributed by atoms with E-state index in [1.807, 2.05) is 6.08 Å². The van der Waals surface area contributed by atoms with Crippen molar-refractivity contribution >= 4 is 0 Å². The van der Waals surface area contributed by atoms with Crippen LogP contribution in [-0.4, -0.2) is 12.1 Å². The lowest BCUT2D eigenvalue weighted by molar-refractivity contribution is 0.219. The molecule has 2 heteroatoms. The second-order valence-electron chi connectivity index (χ2n) is 3.90. The van der Waals surface area contributed by atoms with Crippen LogP contribution in [0, 0.1) is 17.2 Å². The lowest BCUT2D eigenvalue weighted by atomic mass is 9.74. The van der Waals surface area contributed by atoms with E-state index in [9.17, 15) is 5.26 Å². The molecule has 2 nitrogen and oxygen atoms in total. The van der Waals surface area contributed by atoms with Gasteiger partial charge in [0.25, 0.3) is 0 Å². The van der Waals surface area contributed by atoms with Gasteiger partial charge < -0.3 is 0 Å². The Balaban J connectivity index is 2.65. The van der Waals surface area contributed by atoms with Gasteiger partial charge in [-0.25, -0.2) is 0 Å². The van der Waals surface area contributed by atoms with Crippen molar-refractivity contribution in [1.82, 2.24) is 5.32 Å². The van der Waals surface area contributed by atoms with Gasteiger partial charge in [-0.15, -0.1) is 6.58 Å². The van der Waals surface area contributed by atoms with E-state index in [1.165, 1.54) is 12.8 Å². The Morgan fingerprint density at radius 1 is 1.69 bits per heavy atom. The number of hydrogen-bond acceptors (Lipinski definition) is 2. The number of hydrogen-bond donors (Lipinski definition) is 1. The van der Waals surface area contributed by atoms with Gasteiger partial charge in [-0.3, -0.25) is 5.32 Å². The molecule has 1 aliphatic rings. The monoisotopic (exact) mass is 178 g/mol. The molecule has 0 saturated heterocycles. The predicted octanol–water partition coefficient (Wildman–Crippen LogP) is 2.23. The van der Waals surface area contributed by atoms with Crippen LogP contribution in [0.25, 0.3) is 0 Å². The van der Waals surface area contributed by atoms with Crippen LogP contribution >= 0.6 is 0 Å². The molecule has 0 aromatic carbocycles. The molecule has 2 unspecified atom stereocenters. The lowest BCUT2D eigenvalue weighted by Gasteiger charge is -2.37. The van der Waals surface area contributed by atoms with Crippen LogP contribution in [0.3, 0.4) is 0 Å². The highest BCUT2D eigenvalue weighted by Gasteiger charge is 2.37. The Hall–Kier alpha value is -0.810. The predicted molar refractivity (Wildman–Crippen MR) is 54.2 cm³/mol. The number of nitrogens with one attached hydrogen (secondary N) is 1. The van der Waals surface area contributed by atoms with E-state index in [0.717, 1.165) is 19.4 Å². The number of nitriles is 1. The van der Waals surface area contributed by atoms with Gasteiger partial charge in [-0.2, -0.15) is 5.26 Å². The van der Waals surface area contributed by atoms with Crippen LogP contribution in [0.2, 0.25) is 0 Å². The maximum atomic E-state index is 9.19. The fraction of sp³-hybridized carbons (Fsp3) is 0.727. The van der Waals surface area contributed by atoms with Gasteiger partial charge in [-0.1, -0.05) is 25.8 Å². The first kappa shape index (κ1) is 10.3. The van der Waals surface area contributed by atoms with Gasteiger partial charge in [0.2, 0.25) is 0 Å².